The van der Waals surface area contributed by atoms with Gasteiger partial charge in [0.1, 0.15) is 91.7 Å². The Labute approximate surface area is 709 Å². The lowest BCUT2D eigenvalue weighted by Crippen LogP contribution is -2.48. The standard InChI is InChI=1S/C22H21F6N3O10S2.C22H27N3O10S2.C17H17NO8S.C9H11NO6S/c1-29-20(34)17(9-13-5-7-15(8-6-13)40-42(35,36)21(23,24)25)31-19(33)12-39-11-18(32)30-14-3-2-4-16(10-14)41-43(37,38)22(26,27)28;1-23-22(28)19(11-15-7-9-17(10-8-15)34-36(2,29)30)25-21(27)14-33-13-20(26)24-16-5-4-6-18(12-16)35-37(3,31)32;19-16(20)15(18-17(21)23-11-13-4-2-1-3-5-13)10-12-6-8-14(9-7-12)24-27-26-25-22;10-8(9(11)12)5-6-1-3-7(4-2-6)14-17-16-15-13/h2-8,10,17H,9,11-12H2,1H3,(H,29,34)(H,30,32)(H,31,33);4-10,12,19H,11,13-14H2,1-3H3,(H,23,28)(H,24,26)(H,25,27);1-9,15,22H,10-11H2,(H,18,21)(H,19,20);1-4,8,13H,5,10H2,(H,11,12)/p-2. The van der Waals surface area contributed by atoms with Gasteiger partial charge in [-0.15, -0.1) is 8.67 Å². The van der Waals surface area contributed by atoms with Gasteiger partial charge in [-0.25, -0.2) is 9.59 Å². The largest absolute Gasteiger partial charge is 0.691 e. The number of hydrogen-bond donors (Lipinski definition) is 10. The minimum atomic E-state index is -5.95. The van der Waals surface area contributed by atoms with Crippen LogP contribution < -0.4 is 78.6 Å². The summed E-state index contributed by atoms with van der Waals surface area (Å²) in [6.45, 7) is -2.48. The van der Waals surface area contributed by atoms with Crippen molar-refractivity contribution in [1.82, 2.24) is 26.6 Å². The lowest BCUT2D eigenvalue weighted by atomic mass is 10.1. The third-order valence-corrected chi connectivity index (χ3v) is 18.1. The lowest BCUT2D eigenvalue weighted by molar-refractivity contribution is -0.777. The monoisotopic (exact) mass is 1880 g/mol. The maximum Gasteiger partial charge on any atom is 0.534 e. The number of benzene rings is 7. The second-order valence-corrected chi connectivity index (χ2v) is 31.3. The van der Waals surface area contributed by atoms with Crippen LogP contribution in [-0.4, -0.2) is 186 Å². The van der Waals surface area contributed by atoms with Gasteiger partial charge in [-0.1, -0.05) is 91.0 Å². The molecule has 0 aliphatic heterocycles. The normalized spacial score (nSPS) is 12.3. The number of ether oxygens (including phenoxy) is 3. The molecule has 0 heterocycles. The first-order chi connectivity index (χ1) is 58.2. The molecular weight excluding hydrogens is 1800 g/mol. The fourth-order valence-electron chi connectivity index (χ4n) is 9.06. The van der Waals surface area contributed by atoms with Gasteiger partial charge in [-0.2, -0.15) is 60.0 Å². The average molecular weight is 1880 g/mol. The molecule has 4 atom stereocenters. The molecule has 0 fully saturated rings. The number of rotatable bonds is 43. The predicted octanol–water partition coefficient (Wildman–Crippen LogP) is 2.94. The van der Waals surface area contributed by atoms with Crippen LogP contribution >= 0.6 is 24.6 Å². The van der Waals surface area contributed by atoms with Gasteiger partial charge < -0.3 is 103 Å². The van der Waals surface area contributed by atoms with Crippen LogP contribution in [0, 0.1) is 0 Å². The summed E-state index contributed by atoms with van der Waals surface area (Å²) in [5.41, 5.74) is -2.76. The number of anilines is 2. The Balaban J connectivity index is 0.000000363. The molecular formula is C70H74F6N8O34S6-2. The van der Waals surface area contributed by atoms with Crippen LogP contribution in [-0.2, 0) is 144 Å². The number of carbonyl (C=O) groups is 9. The predicted molar refractivity (Wildman–Crippen MR) is 414 cm³/mol. The molecule has 7 aromatic carbocycles. The summed E-state index contributed by atoms with van der Waals surface area (Å²) in [5, 5.41) is 59.8. The number of carbonyl (C=O) groups excluding carboxylic acids is 7. The molecule has 0 aliphatic rings. The molecule has 678 valence electrons. The van der Waals surface area contributed by atoms with Gasteiger partial charge in [0.2, 0.25) is 35.4 Å². The van der Waals surface area contributed by atoms with Gasteiger partial charge in [-0.3, -0.25) is 43.6 Å². The molecule has 7 amide bonds. The first kappa shape index (κ1) is 104. The number of alkyl halides is 6. The summed E-state index contributed by atoms with van der Waals surface area (Å²) in [6.07, 6.45) is 1.14. The van der Waals surface area contributed by atoms with Crippen molar-refractivity contribution in [2.24, 2.45) is 5.73 Å². The summed E-state index contributed by atoms with van der Waals surface area (Å²) in [5.74, 6) is -6.95. The minimum absolute atomic E-state index is 0.0124. The van der Waals surface area contributed by atoms with E-state index in [1.54, 1.807) is 72.8 Å². The Bertz CT molecular complexity index is 5140. The van der Waals surface area contributed by atoms with Crippen molar-refractivity contribution in [2.75, 3.05) is 63.7 Å². The van der Waals surface area contributed by atoms with Crippen LogP contribution in [0.5, 0.6) is 34.5 Å². The molecule has 7 aromatic rings. The number of nitrogens with two attached hydrogens (primary N) is 1. The number of carboxylic acids is 2. The molecule has 0 radical (unpaired) electrons. The number of hydrogen-bond acceptors (Lipinski definition) is 35. The van der Waals surface area contributed by atoms with Crippen LogP contribution in [0.1, 0.15) is 27.8 Å². The van der Waals surface area contributed by atoms with E-state index in [-0.39, 0.29) is 60.7 Å². The Morgan fingerprint density at radius 1 is 0.419 bits per heavy atom. The summed E-state index contributed by atoms with van der Waals surface area (Å²) in [7, 11) is -16.6. The Kier molecular flexibility index (Phi) is 43.2. The molecule has 0 bridgehead atoms. The maximum absolute atomic E-state index is 12.5. The summed E-state index contributed by atoms with van der Waals surface area (Å²) < 4.78 is 214. The highest BCUT2D eigenvalue weighted by Crippen LogP contribution is 2.30. The van der Waals surface area contributed by atoms with Gasteiger partial charge >= 0.3 is 69.5 Å². The van der Waals surface area contributed by atoms with Crippen molar-refractivity contribution in [3.05, 3.63) is 204 Å². The van der Waals surface area contributed by atoms with E-state index in [4.69, 9.17) is 41.8 Å². The van der Waals surface area contributed by atoms with Gasteiger partial charge in [0, 0.05) is 56.9 Å². The number of halogens is 6. The topological polar surface area (TPSA) is 607 Å². The third-order valence-electron chi connectivity index (χ3n) is 14.4. The average Bonchev–Trinajstić information content (AvgIpc) is 0.822. The van der Waals surface area contributed by atoms with Crippen LogP contribution in [0.15, 0.2) is 176 Å². The van der Waals surface area contributed by atoms with Crippen LogP contribution in [0.4, 0.5) is 42.5 Å². The summed E-state index contributed by atoms with van der Waals surface area (Å²) >= 11 is 0.718. The lowest BCUT2D eigenvalue weighted by Gasteiger charge is -2.18. The van der Waals surface area contributed by atoms with Crippen molar-refractivity contribution < 1.29 is 182 Å². The first-order valence-corrected chi connectivity index (χ1v) is 41.9. The van der Waals surface area contributed by atoms with Crippen molar-refractivity contribution in [3.63, 3.8) is 0 Å². The molecule has 7 rings (SSSR count). The molecule has 11 N–H and O–H groups in total. The number of amides is 7. The molecule has 0 saturated heterocycles. The SMILES string of the molecule is CNC(=O)C(Cc1ccc(OS(=O)(=O)C(F)(F)F)cc1)NC(=O)COCC(=O)Nc1cccc(OS(=O)(=O)C(F)(F)F)c1.CNC(=O)C(Cc1ccc(OS(C)(=O)=O)cc1)NC(=O)COCC(=O)Nc1cccc(OS(C)(=O)=O)c1.NC(Cc1ccc(OSOO[O-])cc1)C(=O)O.O=C(NC(Cc1ccc(OSOO[O-])cc1)C(=O)O)OCc1ccccc1. The van der Waals surface area contributed by atoms with E-state index >= 15 is 0 Å². The second kappa shape index (κ2) is 51.2. The van der Waals surface area contributed by atoms with Crippen molar-refractivity contribution in [2.45, 2.75) is 67.5 Å². The second-order valence-electron chi connectivity index (χ2n) is 24.2. The molecule has 0 spiro atoms. The van der Waals surface area contributed by atoms with Crippen LogP contribution in [0.25, 0.3) is 0 Å². The minimum Gasteiger partial charge on any atom is -0.691 e. The van der Waals surface area contributed by atoms with Crippen molar-refractivity contribution in [3.8, 4) is 34.5 Å². The molecule has 54 heteroatoms. The smallest absolute Gasteiger partial charge is 0.534 e. The van der Waals surface area contributed by atoms with Crippen molar-refractivity contribution in [1.29, 1.82) is 0 Å². The molecule has 0 aromatic heterocycles. The number of aliphatic carboxylic acids is 2. The highest BCUT2D eigenvalue weighted by Gasteiger charge is 2.49. The van der Waals surface area contributed by atoms with Gasteiger partial charge in [0.25, 0.3) is 24.6 Å². The molecule has 42 nitrogen and oxygen atoms in total. The quantitative estimate of drug-likeness (QED) is 0.00499. The van der Waals surface area contributed by atoms with Crippen LogP contribution in [0.3, 0.4) is 0 Å². The molecule has 124 heavy (non-hydrogen) atoms. The fraction of sp³-hybridized carbons (Fsp3) is 0.271. The third kappa shape index (κ3) is 41.8. The Hall–Kier alpha value is -11.9. The molecule has 0 saturated carbocycles. The number of alkyl carbamates (subject to hydrolysis) is 1. The zero-order valence-corrected chi connectivity index (χ0v) is 69.1. The van der Waals surface area contributed by atoms with Gasteiger partial charge in [0.15, 0.2) is 0 Å². The van der Waals surface area contributed by atoms with E-state index in [0.717, 1.165) is 66.1 Å². The zero-order valence-electron chi connectivity index (χ0n) is 64.2. The maximum atomic E-state index is 12.5. The van der Waals surface area contributed by atoms with E-state index in [1.807, 2.05) is 18.2 Å². The van der Waals surface area contributed by atoms with E-state index in [1.165, 1.54) is 56.6 Å². The Morgan fingerprint density at radius 3 is 1.13 bits per heavy atom. The highest BCUT2D eigenvalue weighted by molar-refractivity contribution is 7.90. The van der Waals surface area contributed by atoms with E-state index in [2.05, 4.69) is 64.3 Å². The van der Waals surface area contributed by atoms with Crippen molar-refractivity contribution >= 4 is 130 Å². The highest BCUT2D eigenvalue weighted by atomic mass is 32.2. The van der Waals surface area contributed by atoms with E-state index in [0.29, 0.717) is 47.3 Å². The summed E-state index contributed by atoms with van der Waals surface area (Å²) in [4.78, 5) is 107. The molecule has 0 aliphatic carbocycles. The number of carboxylic acid groups (broad SMARTS) is 2. The number of nitrogens with one attached hydrogen (secondary N) is 7. The Morgan fingerprint density at radius 2 is 0.766 bits per heavy atom. The molecule has 4 unspecified atom stereocenters. The van der Waals surface area contributed by atoms with E-state index < -0.39 is 167 Å². The van der Waals surface area contributed by atoms with Gasteiger partial charge in [-0.05, 0) is 107 Å². The number of likely N-dealkylation sites (N-methyl/N-ethyl adjacent to an activating group) is 2. The fourth-order valence-corrected chi connectivity index (χ4v) is 11.4. The van der Waals surface area contributed by atoms with Crippen LogP contribution in [0.2, 0.25) is 0 Å². The van der Waals surface area contributed by atoms with Gasteiger partial charge in [0.05, 0.1) is 12.5 Å². The van der Waals surface area contributed by atoms with E-state index in [9.17, 15) is 119 Å². The zero-order chi connectivity index (χ0) is 92.4. The summed E-state index contributed by atoms with van der Waals surface area (Å²) in [6, 6.07) is 37.3. The first-order valence-electron chi connectivity index (χ1n) is 34.1.